The van der Waals surface area contributed by atoms with Gasteiger partial charge in [-0.05, 0) is 16.7 Å². The fourth-order valence-electron chi connectivity index (χ4n) is 4.36. The molecule has 0 aromatic heterocycles. The van der Waals surface area contributed by atoms with Gasteiger partial charge in [-0.2, -0.15) is 0 Å². The van der Waals surface area contributed by atoms with E-state index in [2.05, 4.69) is 0 Å². The van der Waals surface area contributed by atoms with Crippen LogP contribution in [-0.2, 0) is 53.0 Å². The Morgan fingerprint density at radius 1 is 0.738 bits per heavy atom. The molecule has 8 nitrogen and oxygen atoms in total. The van der Waals surface area contributed by atoms with Crippen LogP contribution in [0.1, 0.15) is 23.6 Å². The molecule has 1 aliphatic rings. The van der Waals surface area contributed by atoms with Crippen LogP contribution in [0.4, 0.5) is 0 Å². The summed E-state index contributed by atoms with van der Waals surface area (Å²) in [7, 11) is 0. The Morgan fingerprint density at radius 2 is 1.17 bits per heavy atom. The molecule has 1 heterocycles. The fourth-order valence-corrected chi connectivity index (χ4v) is 4.49. The van der Waals surface area contributed by atoms with E-state index in [1.54, 1.807) is 0 Å². The van der Waals surface area contributed by atoms with Gasteiger partial charge >= 0.3 is 5.97 Å². The molecule has 0 spiro atoms. The van der Waals surface area contributed by atoms with Gasteiger partial charge in [0.1, 0.15) is 31.0 Å². The van der Waals surface area contributed by atoms with Gasteiger partial charge in [0.05, 0.1) is 19.8 Å². The molecule has 224 valence electrons. The van der Waals surface area contributed by atoms with Gasteiger partial charge in [0.2, 0.25) is 12.2 Å². The first-order valence-electron chi connectivity index (χ1n) is 13.3. The lowest BCUT2D eigenvalue weighted by Gasteiger charge is -2.45. The molecule has 0 radical (unpaired) electrons. The highest BCUT2D eigenvalue weighted by Gasteiger charge is 2.51. The van der Waals surface area contributed by atoms with E-state index < -0.39 is 46.4 Å². The van der Waals surface area contributed by atoms with Crippen LogP contribution < -0.4 is 0 Å². The number of carbonyl (C=O) groups is 1. The highest BCUT2D eigenvalue weighted by molar-refractivity contribution is 6.76. The minimum absolute atomic E-state index is 0.168. The van der Waals surface area contributed by atoms with Gasteiger partial charge in [-0.15, -0.1) is 0 Å². The van der Waals surface area contributed by atoms with Crippen molar-refractivity contribution in [2.45, 2.75) is 61.2 Å². The van der Waals surface area contributed by atoms with E-state index in [9.17, 15) is 4.79 Å². The number of esters is 1. The Bertz CT molecular complexity index is 1260. The molecule has 11 heteroatoms. The summed E-state index contributed by atoms with van der Waals surface area (Å²) in [5, 5.41) is 8.23. The van der Waals surface area contributed by atoms with Crippen molar-refractivity contribution in [1.82, 2.24) is 0 Å². The SMILES string of the molecule is CC(=O)OCC1OC(OC(=N)C(Cl)(Cl)Cl)C(OCc2ccccc2)[C@H](OCc2ccccc2)[C@@H]1OCc1ccccc1. The molecule has 42 heavy (non-hydrogen) atoms. The van der Waals surface area contributed by atoms with Crippen LogP contribution >= 0.6 is 34.8 Å². The smallest absolute Gasteiger partial charge is 0.302 e. The molecular formula is C31H32Cl3NO7. The van der Waals surface area contributed by atoms with Crippen LogP contribution in [0.2, 0.25) is 0 Å². The number of nitrogens with one attached hydrogen (secondary N) is 1. The summed E-state index contributed by atoms with van der Waals surface area (Å²) < 4.78 is 34.4. The first-order chi connectivity index (χ1) is 20.2. The lowest BCUT2D eigenvalue weighted by Crippen LogP contribution is -2.62. The largest absolute Gasteiger partial charge is 0.463 e. The fraction of sp³-hybridized carbons (Fsp3) is 0.355. The van der Waals surface area contributed by atoms with Gasteiger partial charge < -0.3 is 28.4 Å². The van der Waals surface area contributed by atoms with E-state index in [0.29, 0.717) is 0 Å². The number of carbonyl (C=O) groups excluding carboxylic acids is 1. The van der Waals surface area contributed by atoms with Crippen molar-refractivity contribution in [2.75, 3.05) is 6.61 Å². The van der Waals surface area contributed by atoms with Gasteiger partial charge in [0.25, 0.3) is 3.79 Å². The molecule has 1 aliphatic heterocycles. The zero-order chi connectivity index (χ0) is 30.0. The van der Waals surface area contributed by atoms with Crippen LogP contribution in [0.3, 0.4) is 0 Å². The monoisotopic (exact) mass is 635 g/mol. The second kappa shape index (κ2) is 15.7. The maximum Gasteiger partial charge on any atom is 0.302 e. The molecule has 3 unspecified atom stereocenters. The molecule has 5 atom stereocenters. The summed E-state index contributed by atoms with van der Waals surface area (Å²) in [5.41, 5.74) is 2.72. The third-order valence-electron chi connectivity index (χ3n) is 6.39. The molecule has 0 aliphatic carbocycles. The van der Waals surface area contributed by atoms with Crippen LogP contribution in [0, 0.1) is 5.41 Å². The van der Waals surface area contributed by atoms with E-state index >= 15 is 0 Å². The zero-order valence-corrected chi connectivity index (χ0v) is 25.1. The number of hydrogen-bond acceptors (Lipinski definition) is 8. The predicted molar refractivity (Wildman–Crippen MR) is 159 cm³/mol. The lowest BCUT2D eigenvalue weighted by atomic mass is 9.97. The van der Waals surface area contributed by atoms with Crippen LogP contribution in [-0.4, -0.2) is 53.0 Å². The Labute approximate surface area is 260 Å². The number of ether oxygens (including phenoxy) is 6. The van der Waals surface area contributed by atoms with E-state index in [0.717, 1.165) is 16.7 Å². The highest BCUT2D eigenvalue weighted by atomic mass is 35.6. The second-order valence-electron chi connectivity index (χ2n) is 9.57. The average Bonchev–Trinajstić information content (AvgIpc) is 2.98. The van der Waals surface area contributed by atoms with Crippen LogP contribution in [0.5, 0.6) is 0 Å². The Hall–Kier alpha value is -2.69. The van der Waals surface area contributed by atoms with Gasteiger partial charge in [-0.1, -0.05) is 126 Å². The van der Waals surface area contributed by atoms with Gasteiger partial charge in [-0.25, -0.2) is 0 Å². The first kappa shape index (κ1) is 32.2. The average molecular weight is 637 g/mol. The van der Waals surface area contributed by atoms with Crippen LogP contribution in [0.15, 0.2) is 91.0 Å². The molecule has 3 aromatic rings. The molecular weight excluding hydrogens is 605 g/mol. The number of benzene rings is 3. The quantitative estimate of drug-likeness (QED) is 0.106. The van der Waals surface area contributed by atoms with E-state index in [1.165, 1.54) is 6.92 Å². The topological polar surface area (TPSA) is 96.3 Å². The summed E-state index contributed by atoms with van der Waals surface area (Å²) in [6, 6.07) is 28.7. The van der Waals surface area contributed by atoms with Crippen molar-refractivity contribution >= 4 is 46.7 Å². The number of halogens is 3. The standard InChI is InChI=1S/C31H32Cl3NO7/c1-21(36)37-20-25-26(38-17-22-11-5-2-6-12-22)27(39-18-23-13-7-3-8-14-23)28(40-19-24-15-9-4-10-16-24)29(41-25)42-30(35)31(32,33)34/h2-16,25-29,35H,17-20H2,1H3/t25?,26-,27-,28?,29?/m1/s1. The molecule has 1 saturated heterocycles. The molecule has 3 aromatic carbocycles. The van der Waals surface area contributed by atoms with Crippen molar-refractivity contribution < 1.29 is 33.2 Å². The normalized spacial score (nSPS) is 22.3. The highest BCUT2D eigenvalue weighted by Crippen LogP contribution is 2.34. The van der Waals surface area contributed by atoms with Gasteiger partial charge in [0.15, 0.2) is 0 Å². The molecule has 0 amide bonds. The predicted octanol–water partition coefficient (Wildman–Crippen LogP) is 6.39. The van der Waals surface area contributed by atoms with Crippen molar-refractivity contribution in [2.24, 2.45) is 0 Å². The van der Waals surface area contributed by atoms with E-state index in [-0.39, 0.29) is 26.4 Å². The van der Waals surface area contributed by atoms with E-state index in [1.807, 2.05) is 91.0 Å². The Balaban J connectivity index is 1.68. The summed E-state index contributed by atoms with van der Waals surface area (Å²) in [6.07, 6.45) is -4.69. The van der Waals surface area contributed by atoms with Crippen molar-refractivity contribution in [3.63, 3.8) is 0 Å². The third kappa shape index (κ3) is 9.67. The Morgan fingerprint density at radius 3 is 1.60 bits per heavy atom. The number of hydrogen-bond donors (Lipinski definition) is 1. The first-order valence-corrected chi connectivity index (χ1v) is 14.4. The van der Waals surface area contributed by atoms with Crippen molar-refractivity contribution in [3.05, 3.63) is 108 Å². The maximum atomic E-state index is 11.8. The third-order valence-corrected chi connectivity index (χ3v) is 6.90. The van der Waals surface area contributed by atoms with Crippen molar-refractivity contribution in [3.8, 4) is 0 Å². The zero-order valence-electron chi connectivity index (χ0n) is 22.9. The molecule has 0 bridgehead atoms. The molecule has 4 rings (SSSR count). The van der Waals surface area contributed by atoms with Gasteiger partial charge in [-0.3, -0.25) is 10.2 Å². The lowest BCUT2D eigenvalue weighted by molar-refractivity contribution is -0.312. The summed E-state index contributed by atoms with van der Waals surface area (Å²) in [4.78, 5) is 11.8. The number of alkyl halides is 3. The summed E-state index contributed by atoms with van der Waals surface area (Å²) >= 11 is 17.8. The van der Waals surface area contributed by atoms with Crippen LogP contribution in [0.25, 0.3) is 0 Å². The van der Waals surface area contributed by atoms with Crippen molar-refractivity contribution in [1.29, 1.82) is 5.41 Å². The second-order valence-corrected chi connectivity index (χ2v) is 11.9. The minimum Gasteiger partial charge on any atom is -0.463 e. The molecule has 1 N–H and O–H groups in total. The number of rotatable bonds is 12. The minimum atomic E-state index is -2.15. The summed E-state index contributed by atoms with van der Waals surface area (Å²) in [6.45, 7) is 1.71. The van der Waals surface area contributed by atoms with E-state index in [4.69, 9.17) is 68.6 Å². The summed E-state index contributed by atoms with van der Waals surface area (Å²) in [5.74, 6) is -1.17. The molecule has 1 fully saturated rings. The maximum absolute atomic E-state index is 11.8. The van der Waals surface area contributed by atoms with Gasteiger partial charge in [0, 0.05) is 6.92 Å². The molecule has 0 saturated carbocycles. The Kier molecular flexibility index (Phi) is 12.0.